The number of aryl methyl sites for hydroxylation is 2. The van der Waals surface area contributed by atoms with Crippen LogP contribution < -0.4 is 5.32 Å². The summed E-state index contributed by atoms with van der Waals surface area (Å²) < 4.78 is 5.82. The van der Waals surface area contributed by atoms with E-state index in [0.717, 1.165) is 13.0 Å². The monoisotopic (exact) mass is 275 g/mol. The van der Waals surface area contributed by atoms with Gasteiger partial charge in [0.2, 0.25) is 0 Å². The van der Waals surface area contributed by atoms with Crippen molar-refractivity contribution in [2.24, 2.45) is 0 Å². The van der Waals surface area contributed by atoms with Crippen LogP contribution in [0.3, 0.4) is 0 Å². The predicted molar refractivity (Wildman–Crippen MR) is 85.2 cm³/mol. The second-order valence-electron chi connectivity index (χ2n) is 6.30. The van der Waals surface area contributed by atoms with E-state index in [1.54, 1.807) is 0 Å². The summed E-state index contributed by atoms with van der Waals surface area (Å²) in [6.07, 6.45) is 5.98. The molecule has 0 spiro atoms. The van der Waals surface area contributed by atoms with E-state index in [0.29, 0.717) is 6.04 Å². The Morgan fingerprint density at radius 2 is 2.00 bits per heavy atom. The number of methoxy groups -OCH3 is 1. The highest BCUT2D eigenvalue weighted by Gasteiger charge is 2.39. The lowest BCUT2D eigenvalue weighted by Crippen LogP contribution is -2.43. The molecule has 0 bridgehead atoms. The van der Waals surface area contributed by atoms with Crippen LogP contribution in [0.2, 0.25) is 0 Å². The molecule has 1 saturated carbocycles. The highest BCUT2D eigenvalue weighted by atomic mass is 16.5. The molecule has 0 radical (unpaired) electrons. The second kappa shape index (κ2) is 6.73. The lowest BCUT2D eigenvalue weighted by Gasteiger charge is -2.43. The summed E-state index contributed by atoms with van der Waals surface area (Å²) in [6, 6.07) is 7.27. The van der Waals surface area contributed by atoms with Crippen molar-refractivity contribution in [3.8, 4) is 0 Å². The summed E-state index contributed by atoms with van der Waals surface area (Å²) in [5, 5.41) is 3.71. The van der Waals surface area contributed by atoms with E-state index in [1.165, 1.54) is 42.4 Å². The van der Waals surface area contributed by atoms with Crippen molar-refractivity contribution in [2.45, 2.75) is 64.5 Å². The van der Waals surface area contributed by atoms with E-state index in [1.807, 2.05) is 7.11 Å². The van der Waals surface area contributed by atoms with Crippen LogP contribution in [0, 0.1) is 13.8 Å². The van der Waals surface area contributed by atoms with E-state index in [9.17, 15) is 0 Å². The topological polar surface area (TPSA) is 21.3 Å². The van der Waals surface area contributed by atoms with Crippen molar-refractivity contribution in [3.05, 3.63) is 34.9 Å². The first-order chi connectivity index (χ1) is 9.60. The summed E-state index contributed by atoms with van der Waals surface area (Å²) in [5.41, 5.74) is 4.27. The summed E-state index contributed by atoms with van der Waals surface area (Å²) >= 11 is 0. The summed E-state index contributed by atoms with van der Waals surface area (Å²) in [7, 11) is 1.87. The van der Waals surface area contributed by atoms with Crippen LogP contribution in [-0.2, 0) is 4.74 Å². The average molecular weight is 275 g/mol. The number of hydrogen-bond acceptors (Lipinski definition) is 2. The summed E-state index contributed by atoms with van der Waals surface area (Å²) in [5.74, 6) is 0. The first-order valence-electron chi connectivity index (χ1n) is 7.96. The van der Waals surface area contributed by atoms with Gasteiger partial charge in [-0.25, -0.2) is 0 Å². The molecule has 1 N–H and O–H groups in total. The molecule has 2 nitrogen and oxygen atoms in total. The van der Waals surface area contributed by atoms with Crippen LogP contribution in [0.25, 0.3) is 0 Å². The fraction of sp³-hybridized carbons (Fsp3) is 0.667. The molecule has 0 saturated heterocycles. The SMILES string of the molecule is CCCNC(CC1(OC)CCC1)c1ccc(C)c(C)c1. The van der Waals surface area contributed by atoms with Gasteiger partial charge >= 0.3 is 0 Å². The second-order valence-corrected chi connectivity index (χ2v) is 6.30. The van der Waals surface area contributed by atoms with Crippen LogP contribution in [0.1, 0.15) is 61.8 Å². The third-order valence-corrected chi connectivity index (χ3v) is 4.85. The maximum Gasteiger partial charge on any atom is 0.0697 e. The lowest BCUT2D eigenvalue weighted by molar-refractivity contribution is -0.0838. The van der Waals surface area contributed by atoms with Crippen LogP contribution in [0.15, 0.2) is 18.2 Å². The molecule has 0 amide bonds. The summed E-state index contributed by atoms with van der Waals surface area (Å²) in [4.78, 5) is 0. The molecule has 0 aromatic heterocycles. The third-order valence-electron chi connectivity index (χ3n) is 4.85. The lowest BCUT2D eigenvalue weighted by atomic mass is 9.74. The van der Waals surface area contributed by atoms with Gasteiger partial charge in [0.1, 0.15) is 0 Å². The van der Waals surface area contributed by atoms with Gasteiger partial charge in [-0.1, -0.05) is 25.1 Å². The van der Waals surface area contributed by atoms with Crippen molar-refractivity contribution >= 4 is 0 Å². The minimum absolute atomic E-state index is 0.115. The molecule has 1 aromatic rings. The Bertz CT molecular complexity index is 432. The van der Waals surface area contributed by atoms with Crippen LogP contribution in [0.5, 0.6) is 0 Å². The fourth-order valence-corrected chi connectivity index (χ4v) is 3.04. The van der Waals surface area contributed by atoms with E-state index < -0.39 is 0 Å². The van der Waals surface area contributed by atoms with Gasteiger partial charge in [-0.3, -0.25) is 0 Å². The molecule has 2 rings (SSSR count). The zero-order chi connectivity index (χ0) is 14.6. The molecule has 20 heavy (non-hydrogen) atoms. The van der Waals surface area contributed by atoms with Gasteiger partial charge in [-0.05, 0) is 69.2 Å². The molecule has 1 aromatic carbocycles. The molecule has 1 aliphatic rings. The molecule has 0 aliphatic heterocycles. The van der Waals surface area contributed by atoms with Crippen LogP contribution in [-0.4, -0.2) is 19.3 Å². The number of ether oxygens (including phenoxy) is 1. The highest BCUT2D eigenvalue weighted by molar-refractivity contribution is 5.32. The van der Waals surface area contributed by atoms with Crippen molar-refractivity contribution in [3.63, 3.8) is 0 Å². The Balaban J connectivity index is 2.15. The van der Waals surface area contributed by atoms with Crippen LogP contribution >= 0.6 is 0 Å². The maximum atomic E-state index is 5.82. The molecule has 1 unspecified atom stereocenters. The zero-order valence-electron chi connectivity index (χ0n) is 13.5. The van der Waals surface area contributed by atoms with Crippen LogP contribution in [0.4, 0.5) is 0 Å². The van der Waals surface area contributed by atoms with Crippen molar-refractivity contribution in [1.82, 2.24) is 5.32 Å². The smallest absolute Gasteiger partial charge is 0.0697 e. The minimum Gasteiger partial charge on any atom is -0.378 e. The molecule has 1 atom stereocenters. The average Bonchev–Trinajstić information content (AvgIpc) is 2.41. The zero-order valence-corrected chi connectivity index (χ0v) is 13.5. The first-order valence-corrected chi connectivity index (χ1v) is 7.96. The largest absolute Gasteiger partial charge is 0.378 e. The van der Waals surface area contributed by atoms with Gasteiger partial charge in [-0.15, -0.1) is 0 Å². The van der Waals surface area contributed by atoms with Gasteiger partial charge in [0, 0.05) is 13.2 Å². The minimum atomic E-state index is 0.115. The number of benzene rings is 1. The molecular formula is C18H29NO. The van der Waals surface area contributed by atoms with Gasteiger partial charge in [0.25, 0.3) is 0 Å². The van der Waals surface area contributed by atoms with Crippen molar-refractivity contribution < 1.29 is 4.74 Å². The number of hydrogen-bond donors (Lipinski definition) is 1. The van der Waals surface area contributed by atoms with Gasteiger partial charge < -0.3 is 10.1 Å². The maximum absolute atomic E-state index is 5.82. The van der Waals surface area contributed by atoms with Gasteiger partial charge in [0.15, 0.2) is 0 Å². The first kappa shape index (κ1) is 15.5. The Labute approximate surface area is 123 Å². The number of nitrogens with one attached hydrogen (secondary N) is 1. The Kier molecular flexibility index (Phi) is 5.22. The Morgan fingerprint density at radius 3 is 2.50 bits per heavy atom. The van der Waals surface area contributed by atoms with E-state index in [-0.39, 0.29) is 5.60 Å². The predicted octanol–water partition coefficient (Wildman–Crippen LogP) is 4.30. The molecular weight excluding hydrogens is 246 g/mol. The highest BCUT2D eigenvalue weighted by Crippen LogP contribution is 2.42. The fourth-order valence-electron chi connectivity index (χ4n) is 3.04. The van der Waals surface area contributed by atoms with Crippen molar-refractivity contribution in [1.29, 1.82) is 0 Å². The van der Waals surface area contributed by atoms with E-state index >= 15 is 0 Å². The molecule has 1 fully saturated rings. The van der Waals surface area contributed by atoms with E-state index in [2.05, 4.69) is 44.3 Å². The number of rotatable bonds is 7. The Hall–Kier alpha value is -0.860. The Morgan fingerprint density at radius 1 is 1.25 bits per heavy atom. The molecule has 1 aliphatic carbocycles. The summed E-state index contributed by atoms with van der Waals surface area (Å²) in [6.45, 7) is 7.67. The quantitative estimate of drug-likeness (QED) is 0.801. The van der Waals surface area contributed by atoms with Gasteiger partial charge in [-0.2, -0.15) is 0 Å². The third kappa shape index (κ3) is 3.42. The van der Waals surface area contributed by atoms with Crippen molar-refractivity contribution in [2.75, 3.05) is 13.7 Å². The standard InChI is InChI=1S/C18H29NO/c1-5-11-19-17(13-18(20-4)9-6-10-18)16-8-7-14(2)15(3)12-16/h7-8,12,17,19H,5-6,9-11,13H2,1-4H3. The normalized spacial score (nSPS) is 18.6. The molecule has 0 heterocycles. The van der Waals surface area contributed by atoms with Gasteiger partial charge in [0.05, 0.1) is 5.60 Å². The molecule has 112 valence electrons. The molecule has 2 heteroatoms. The van der Waals surface area contributed by atoms with E-state index in [4.69, 9.17) is 4.74 Å².